The van der Waals surface area contributed by atoms with Gasteiger partial charge < -0.3 is 14.8 Å². The van der Waals surface area contributed by atoms with Crippen LogP contribution in [-0.2, 0) is 11.3 Å². The Balaban J connectivity index is 1.68. The van der Waals surface area contributed by atoms with Gasteiger partial charge in [0.15, 0.2) is 0 Å². The van der Waals surface area contributed by atoms with Crippen molar-refractivity contribution in [1.29, 1.82) is 0 Å². The third-order valence-electron chi connectivity index (χ3n) is 3.30. The van der Waals surface area contributed by atoms with Gasteiger partial charge in [-0.3, -0.25) is 4.90 Å². The molecule has 0 saturated carbocycles. The van der Waals surface area contributed by atoms with Crippen molar-refractivity contribution < 1.29 is 14.3 Å². The fraction of sp³-hybridized carbons (Fsp3) is 0.462. The lowest BCUT2D eigenvalue weighted by Crippen LogP contribution is -2.40. The standard InChI is InChI=1S/C13H15BrN2O3/c14-10-2-1-9-6-16(3-4-18-12(9)5-10)7-11-8-19-13(17)15-11/h1-2,5,11H,3-4,6-8H2,(H,15,17). The highest BCUT2D eigenvalue weighted by Crippen LogP contribution is 2.27. The number of ether oxygens (including phenoxy) is 2. The number of benzene rings is 1. The van der Waals surface area contributed by atoms with E-state index in [1.54, 1.807) is 0 Å². The Morgan fingerprint density at radius 3 is 3.11 bits per heavy atom. The molecule has 1 aromatic rings. The molecule has 2 heterocycles. The largest absolute Gasteiger partial charge is 0.492 e. The molecule has 0 radical (unpaired) electrons. The Morgan fingerprint density at radius 2 is 2.32 bits per heavy atom. The van der Waals surface area contributed by atoms with Crippen LogP contribution in [0.3, 0.4) is 0 Å². The lowest BCUT2D eigenvalue weighted by Gasteiger charge is -2.21. The topological polar surface area (TPSA) is 50.8 Å². The number of nitrogens with zero attached hydrogens (tertiary/aromatic N) is 1. The highest BCUT2D eigenvalue weighted by molar-refractivity contribution is 9.10. The van der Waals surface area contributed by atoms with Crippen molar-refractivity contribution in [1.82, 2.24) is 10.2 Å². The van der Waals surface area contributed by atoms with Crippen molar-refractivity contribution >= 4 is 22.0 Å². The first-order chi connectivity index (χ1) is 9.20. The number of carbonyl (C=O) groups excluding carboxylic acids is 1. The second kappa shape index (κ2) is 5.38. The zero-order valence-corrected chi connectivity index (χ0v) is 12.0. The van der Waals surface area contributed by atoms with Gasteiger partial charge in [0.05, 0.1) is 6.04 Å². The van der Waals surface area contributed by atoms with Gasteiger partial charge in [0.2, 0.25) is 0 Å². The first-order valence-electron chi connectivity index (χ1n) is 6.27. The van der Waals surface area contributed by atoms with Crippen molar-refractivity contribution in [2.45, 2.75) is 12.6 Å². The van der Waals surface area contributed by atoms with Crippen molar-refractivity contribution in [2.24, 2.45) is 0 Å². The van der Waals surface area contributed by atoms with Gasteiger partial charge >= 0.3 is 6.09 Å². The van der Waals surface area contributed by atoms with Crippen LogP contribution < -0.4 is 10.1 Å². The number of cyclic esters (lactones) is 1. The lowest BCUT2D eigenvalue weighted by molar-refractivity contribution is 0.172. The van der Waals surface area contributed by atoms with Gasteiger partial charge in [0.1, 0.15) is 19.0 Å². The highest BCUT2D eigenvalue weighted by atomic mass is 79.9. The van der Waals surface area contributed by atoms with Gasteiger partial charge in [0.25, 0.3) is 0 Å². The van der Waals surface area contributed by atoms with Crippen LogP contribution in [-0.4, -0.2) is 43.3 Å². The van der Waals surface area contributed by atoms with Gasteiger partial charge in [-0.25, -0.2) is 4.79 Å². The number of carbonyl (C=O) groups is 1. The zero-order valence-electron chi connectivity index (χ0n) is 10.4. The summed E-state index contributed by atoms with van der Waals surface area (Å²) in [6, 6.07) is 6.16. The molecule has 6 heteroatoms. The first-order valence-corrected chi connectivity index (χ1v) is 7.07. The number of hydrogen-bond donors (Lipinski definition) is 1. The van der Waals surface area contributed by atoms with E-state index in [2.05, 4.69) is 32.2 Å². The van der Waals surface area contributed by atoms with Crippen LogP contribution in [0.25, 0.3) is 0 Å². The monoisotopic (exact) mass is 326 g/mol. The molecular formula is C13H15BrN2O3. The smallest absolute Gasteiger partial charge is 0.407 e. The molecule has 1 fully saturated rings. The van der Waals surface area contributed by atoms with E-state index in [4.69, 9.17) is 9.47 Å². The van der Waals surface area contributed by atoms with E-state index < -0.39 is 0 Å². The number of alkyl carbamates (subject to hydrolysis) is 1. The van der Waals surface area contributed by atoms with Gasteiger partial charge in [-0.2, -0.15) is 0 Å². The minimum absolute atomic E-state index is 0.0736. The molecule has 1 saturated heterocycles. The van der Waals surface area contributed by atoms with Crippen LogP contribution in [0.15, 0.2) is 22.7 Å². The summed E-state index contributed by atoms with van der Waals surface area (Å²) in [6.45, 7) is 3.56. The Kier molecular flexibility index (Phi) is 3.61. The number of halogens is 1. The van der Waals surface area contributed by atoms with E-state index in [1.165, 1.54) is 5.56 Å². The Bertz CT molecular complexity index is 495. The first kappa shape index (κ1) is 12.7. The molecule has 1 N–H and O–H groups in total. The van der Waals surface area contributed by atoms with Crippen molar-refractivity contribution in [2.75, 3.05) is 26.3 Å². The van der Waals surface area contributed by atoms with Gasteiger partial charge in [-0.1, -0.05) is 22.0 Å². The molecule has 1 atom stereocenters. The van der Waals surface area contributed by atoms with Gasteiger partial charge in [0, 0.05) is 29.7 Å². The van der Waals surface area contributed by atoms with E-state index in [9.17, 15) is 4.79 Å². The summed E-state index contributed by atoms with van der Waals surface area (Å²) in [5.74, 6) is 0.934. The molecule has 0 aliphatic carbocycles. The summed E-state index contributed by atoms with van der Waals surface area (Å²) in [7, 11) is 0. The maximum absolute atomic E-state index is 11.0. The zero-order chi connectivity index (χ0) is 13.2. The molecule has 1 aromatic carbocycles. The van der Waals surface area contributed by atoms with E-state index in [0.717, 1.165) is 29.9 Å². The molecule has 0 spiro atoms. The molecule has 0 aromatic heterocycles. The van der Waals surface area contributed by atoms with Crippen molar-refractivity contribution in [3.63, 3.8) is 0 Å². The number of fused-ring (bicyclic) bond motifs is 1. The molecule has 3 rings (SSSR count). The molecule has 19 heavy (non-hydrogen) atoms. The van der Waals surface area contributed by atoms with Crippen LogP contribution in [0.2, 0.25) is 0 Å². The molecule has 2 aliphatic heterocycles. The fourth-order valence-electron chi connectivity index (χ4n) is 2.39. The van der Waals surface area contributed by atoms with Crippen LogP contribution in [0, 0.1) is 0 Å². The second-order valence-electron chi connectivity index (χ2n) is 4.78. The van der Waals surface area contributed by atoms with Crippen LogP contribution in [0.4, 0.5) is 4.79 Å². The van der Waals surface area contributed by atoms with E-state index in [1.807, 2.05) is 12.1 Å². The Labute approximate surface area is 120 Å². The van der Waals surface area contributed by atoms with Crippen LogP contribution >= 0.6 is 15.9 Å². The van der Waals surface area contributed by atoms with Crippen molar-refractivity contribution in [3.8, 4) is 5.75 Å². The third kappa shape index (κ3) is 3.01. The summed E-state index contributed by atoms with van der Waals surface area (Å²) in [6.07, 6.45) is -0.319. The quantitative estimate of drug-likeness (QED) is 0.899. The fourth-order valence-corrected chi connectivity index (χ4v) is 2.73. The average Bonchev–Trinajstić information content (AvgIpc) is 2.67. The molecule has 1 amide bonds. The third-order valence-corrected chi connectivity index (χ3v) is 3.80. The summed E-state index contributed by atoms with van der Waals surface area (Å²) in [4.78, 5) is 13.3. The molecular weight excluding hydrogens is 312 g/mol. The van der Waals surface area contributed by atoms with E-state index in [-0.39, 0.29) is 12.1 Å². The number of rotatable bonds is 2. The lowest BCUT2D eigenvalue weighted by atomic mass is 10.2. The number of amides is 1. The number of nitrogens with one attached hydrogen (secondary N) is 1. The normalized spacial score (nSPS) is 23.0. The summed E-state index contributed by atoms with van der Waals surface area (Å²) in [5.41, 5.74) is 1.17. The second-order valence-corrected chi connectivity index (χ2v) is 5.69. The molecule has 0 bridgehead atoms. The summed E-state index contributed by atoms with van der Waals surface area (Å²) < 4.78 is 11.7. The minimum atomic E-state index is -0.319. The molecule has 2 aliphatic rings. The van der Waals surface area contributed by atoms with Crippen LogP contribution in [0.1, 0.15) is 5.56 Å². The Hall–Kier alpha value is -1.27. The SMILES string of the molecule is O=C1NC(CN2CCOc3cc(Br)ccc3C2)CO1. The summed E-state index contributed by atoms with van der Waals surface area (Å²) in [5, 5.41) is 2.80. The summed E-state index contributed by atoms with van der Waals surface area (Å²) >= 11 is 3.45. The minimum Gasteiger partial charge on any atom is -0.492 e. The molecule has 5 nitrogen and oxygen atoms in total. The maximum atomic E-state index is 11.0. The molecule has 1 unspecified atom stereocenters. The van der Waals surface area contributed by atoms with Gasteiger partial charge in [-0.15, -0.1) is 0 Å². The average molecular weight is 327 g/mol. The maximum Gasteiger partial charge on any atom is 0.407 e. The van der Waals surface area contributed by atoms with Crippen molar-refractivity contribution in [3.05, 3.63) is 28.2 Å². The predicted molar refractivity (Wildman–Crippen MR) is 73.2 cm³/mol. The Morgan fingerprint density at radius 1 is 1.42 bits per heavy atom. The molecule has 102 valence electrons. The van der Waals surface area contributed by atoms with E-state index >= 15 is 0 Å². The van der Waals surface area contributed by atoms with Crippen LogP contribution in [0.5, 0.6) is 5.75 Å². The van der Waals surface area contributed by atoms with Gasteiger partial charge in [-0.05, 0) is 12.1 Å². The number of hydrogen-bond acceptors (Lipinski definition) is 4. The highest BCUT2D eigenvalue weighted by Gasteiger charge is 2.25. The van der Waals surface area contributed by atoms with E-state index in [0.29, 0.717) is 13.2 Å². The predicted octanol–water partition coefficient (Wildman–Crippen LogP) is 1.75.